The Kier molecular flexibility index (Phi) is 2.46. The highest BCUT2D eigenvalue weighted by Gasteiger charge is 2.07. The second-order valence-electron chi connectivity index (χ2n) is 4.78. The summed E-state index contributed by atoms with van der Waals surface area (Å²) in [7, 11) is 0. The topological polar surface area (TPSA) is 25.8 Å². The molecule has 0 amide bonds. The first kappa shape index (κ1) is 11.1. The van der Waals surface area contributed by atoms with Crippen LogP contribution in [0.4, 0.5) is 0 Å². The molecule has 0 aliphatic carbocycles. The van der Waals surface area contributed by atoms with Crippen LogP contribution in [0.15, 0.2) is 73.2 Å². The largest absolute Gasteiger partial charge is 0.263 e. The summed E-state index contributed by atoms with van der Waals surface area (Å²) < 4.78 is 0. The number of para-hydroxylation sites is 1. The molecule has 0 spiro atoms. The van der Waals surface area contributed by atoms with E-state index in [4.69, 9.17) is 0 Å². The third-order valence-corrected chi connectivity index (χ3v) is 3.61. The highest BCUT2D eigenvalue weighted by atomic mass is 14.7. The van der Waals surface area contributed by atoms with Crippen molar-refractivity contribution in [3.63, 3.8) is 0 Å². The van der Waals surface area contributed by atoms with Crippen molar-refractivity contribution in [2.75, 3.05) is 0 Å². The summed E-state index contributed by atoms with van der Waals surface area (Å²) in [5, 5.41) is 3.54. The molecule has 0 aliphatic rings. The normalized spacial score (nSPS) is 11.0. The zero-order valence-electron chi connectivity index (χ0n) is 10.8. The summed E-state index contributed by atoms with van der Waals surface area (Å²) in [4.78, 5) is 8.80. The molecule has 0 saturated carbocycles. The Bertz CT molecular complexity index is 825. The molecule has 20 heavy (non-hydrogen) atoms. The molecule has 2 heterocycles. The second kappa shape index (κ2) is 4.42. The Morgan fingerprint density at radius 3 is 2.40 bits per heavy atom. The molecule has 0 aliphatic heterocycles. The molecule has 0 bridgehead atoms. The molecule has 2 aromatic heterocycles. The molecule has 0 fully saturated rings. The smallest absolute Gasteiger partial charge is 0.0708 e. The number of hydrogen-bond donors (Lipinski definition) is 0. The third-order valence-electron chi connectivity index (χ3n) is 3.61. The molecule has 0 radical (unpaired) electrons. The molecule has 0 unspecified atom stereocenters. The molecule has 4 aromatic rings. The maximum atomic E-state index is 4.43. The lowest BCUT2D eigenvalue weighted by atomic mass is 9.98. The number of fused-ring (bicyclic) bond motifs is 2. The van der Waals surface area contributed by atoms with Crippen molar-refractivity contribution in [2.45, 2.75) is 0 Å². The monoisotopic (exact) mass is 256 g/mol. The van der Waals surface area contributed by atoms with Gasteiger partial charge in [0.15, 0.2) is 0 Å². The van der Waals surface area contributed by atoms with E-state index >= 15 is 0 Å². The minimum Gasteiger partial charge on any atom is -0.263 e. The number of nitrogens with zero attached hydrogens (tertiary/aromatic N) is 2. The van der Waals surface area contributed by atoms with Gasteiger partial charge in [-0.05, 0) is 23.1 Å². The molecule has 0 N–H and O–H groups in total. The van der Waals surface area contributed by atoms with Crippen LogP contribution >= 0.6 is 0 Å². The molecule has 2 heteroatoms. The first-order valence-electron chi connectivity index (χ1n) is 6.60. The van der Waals surface area contributed by atoms with Crippen molar-refractivity contribution in [3.8, 4) is 11.1 Å². The van der Waals surface area contributed by atoms with Gasteiger partial charge in [-0.1, -0.05) is 42.5 Å². The van der Waals surface area contributed by atoms with Gasteiger partial charge in [-0.25, -0.2) is 0 Å². The van der Waals surface area contributed by atoms with Crippen molar-refractivity contribution >= 4 is 21.7 Å². The van der Waals surface area contributed by atoms with Crippen LogP contribution in [0.1, 0.15) is 0 Å². The lowest BCUT2D eigenvalue weighted by molar-refractivity contribution is 1.36. The predicted octanol–water partition coefficient (Wildman–Crippen LogP) is 4.45. The van der Waals surface area contributed by atoms with Crippen molar-refractivity contribution < 1.29 is 0 Å². The van der Waals surface area contributed by atoms with Crippen LogP contribution in [0.5, 0.6) is 0 Å². The highest BCUT2D eigenvalue weighted by Crippen LogP contribution is 2.31. The summed E-state index contributed by atoms with van der Waals surface area (Å²) in [5.74, 6) is 0. The van der Waals surface area contributed by atoms with Crippen molar-refractivity contribution in [3.05, 3.63) is 73.2 Å². The lowest BCUT2D eigenvalue weighted by Crippen LogP contribution is -1.87. The van der Waals surface area contributed by atoms with E-state index in [-0.39, 0.29) is 0 Å². The van der Waals surface area contributed by atoms with Gasteiger partial charge < -0.3 is 0 Å². The third kappa shape index (κ3) is 1.66. The number of aromatic nitrogens is 2. The average molecular weight is 256 g/mol. The van der Waals surface area contributed by atoms with Crippen LogP contribution in [0.25, 0.3) is 32.8 Å². The summed E-state index contributed by atoms with van der Waals surface area (Å²) in [6.45, 7) is 0. The Labute approximate surface area is 116 Å². The maximum absolute atomic E-state index is 4.43. The van der Waals surface area contributed by atoms with Crippen LogP contribution in [-0.4, -0.2) is 9.97 Å². The van der Waals surface area contributed by atoms with Gasteiger partial charge in [0.25, 0.3) is 0 Å². The van der Waals surface area contributed by atoms with Gasteiger partial charge in [-0.2, -0.15) is 0 Å². The van der Waals surface area contributed by atoms with Gasteiger partial charge in [0, 0.05) is 34.9 Å². The molecule has 4 rings (SSSR count). The average Bonchev–Trinajstić information content (AvgIpc) is 2.54. The summed E-state index contributed by atoms with van der Waals surface area (Å²) >= 11 is 0. The Morgan fingerprint density at radius 2 is 1.45 bits per heavy atom. The Balaban J connectivity index is 2.12. The fourth-order valence-corrected chi connectivity index (χ4v) is 2.66. The van der Waals surface area contributed by atoms with Crippen LogP contribution in [-0.2, 0) is 0 Å². The van der Waals surface area contributed by atoms with Gasteiger partial charge in [-0.3, -0.25) is 9.97 Å². The number of rotatable bonds is 1. The van der Waals surface area contributed by atoms with Crippen LogP contribution in [0, 0.1) is 0 Å². The van der Waals surface area contributed by atoms with E-state index in [2.05, 4.69) is 40.3 Å². The summed E-state index contributed by atoms with van der Waals surface area (Å²) in [6.07, 6.45) is 5.70. The van der Waals surface area contributed by atoms with Gasteiger partial charge in [-0.15, -0.1) is 0 Å². The number of benzene rings is 2. The first-order valence-corrected chi connectivity index (χ1v) is 6.60. The number of pyridine rings is 2. The van der Waals surface area contributed by atoms with E-state index in [0.717, 1.165) is 21.9 Å². The fourth-order valence-electron chi connectivity index (χ4n) is 2.66. The summed E-state index contributed by atoms with van der Waals surface area (Å²) in [6, 6.07) is 18.6. The zero-order valence-corrected chi connectivity index (χ0v) is 10.8. The minimum absolute atomic E-state index is 1.01. The molecular formula is C18H12N2. The SMILES string of the molecule is c1ccc2c(-c3ccnc4ccccc34)cncc2c1. The van der Waals surface area contributed by atoms with E-state index < -0.39 is 0 Å². The fraction of sp³-hybridized carbons (Fsp3) is 0. The minimum atomic E-state index is 1.01. The predicted molar refractivity (Wildman–Crippen MR) is 82.5 cm³/mol. The van der Waals surface area contributed by atoms with Crippen molar-refractivity contribution in [2.24, 2.45) is 0 Å². The maximum Gasteiger partial charge on any atom is 0.0708 e. The van der Waals surface area contributed by atoms with Gasteiger partial charge in [0.1, 0.15) is 0 Å². The van der Waals surface area contributed by atoms with Crippen LogP contribution in [0.2, 0.25) is 0 Å². The number of hydrogen-bond acceptors (Lipinski definition) is 2. The van der Waals surface area contributed by atoms with E-state index in [0.29, 0.717) is 0 Å². The van der Waals surface area contributed by atoms with Gasteiger partial charge in [0.05, 0.1) is 5.52 Å². The molecule has 0 saturated heterocycles. The summed E-state index contributed by atoms with van der Waals surface area (Å²) in [5.41, 5.74) is 3.35. The Morgan fingerprint density at radius 1 is 0.650 bits per heavy atom. The van der Waals surface area contributed by atoms with Crippen molar-refractivity contribution in [1.29, 1.82) is 0 Å². The van der Waals surface area contributed by atoms with E-state index in [1.165, 1.54) is 10.9 Å². The van der Waals surface area contributed by atoms with Crippen molar-refractivity contribution in [1.82, 2.24) is 9.97 Å². The Hall–Kier alpha value is -2.74. The molecule has 2 aromatic carbocycles. The highest BCUT2D eigenvalue weighted by molar-refractivity contribution is 6.03. The molecular weight excluding hydrogens is 244 g/mol. The molecule has 2 nitrogen and oxygen atoms in total. The zero-order chi connectivity index (χ0) is 13.4. The first-order chi connectivity index (χ1) is 9.93. The van der Waals surface area contributed by atoms with Gasteiger partial charge >= 0.3 is 0 Å². The van der Waals surface area contributed by atoms with Gasteiger partial charge in [0.2, 0.25) is 0 Å². The van der Waals surface area contributed by atoms with E-state index in [1.54, 1.807) is 0 Å². The molecule has 94 valence electrons. The second-order valence-corrected chi connectivity index (χ2v) is 4.78. The lowest BCUT2D eigenvalue weighted by Gasteiger charge is -2.09. The standard InChI is InChI=1S/C18H12N2/c1-2-6-14-13(5-1)11-19-12-17(14)15-9-10-20-18-8-4-3-7-16(15)18/h1-12H. The van der Waals surface area contributed by atoms with Crippen LogP contribution in [0.3, 0.4) is 0 Å². The quantitative estimate of drug-likeness (QED) is 0.503. The van der Waals surface area contributed by atoms with E-state index in [1.807, 2.05) is 42.9 Å². The van der Waals surface area contributed by atoms with Crippen LogP contribution < -0.4 is 0 Å². The van der Waals surface area contributed by atoms with E-state index in [9.17, 15) is 0 Å². The molecule has 0 atom stereocenters.